The Morgan fingerprint density at radius 3 is 1.36 bits per heavy atom. The molecule has 121 heavy (non-hydrogen) atoms. The Labute approximate surface area is 683 Å². The Morgan fingerprint density at radius 2 is 0.860 bits per heavy atom. The van der Waals surface area contributed by atoms with Crippen molar-refractivity contribution in [3.63, 3.8) is 0 Å². The van der Waals surface area contributed by atoms with E-state index in [2.05, 4.69) is 253 Å². The molecule has 0 fully saturated rings. The molecule has 16 heterocycles. The van der Waals surface area contributed by atoms with Crippen LogP contribution in [0.15, 0.2) is 235 Å². The predicted molar refractivity (Wildman–Crippen MR) is 414 cm³/mol. The molecule has 600 valence electrons. The summed E-state index contributed by atoms with van der Waals surface area (Å²) < 4.78 is 5.15. The fraction of sp³-hybridized carbons (Fsp3) is 0.0154. The number of aromatic nitrogens is 49. The van der Waals surface area contributed by atoms with Gasteiger partial charge in [-0.1, -0.05) is 107 Å². The number of nitrogens with one attached hydrogen (secondary N) is 9. The number of hydrogen-bond acceptors (Lipinski definition) is 40. The molecule has 0 unspecified atom stereocenters. The van der Waals surface area contributed by atoms with Crippen LogP contribution >= 0.6 is 27.5 Å². The second kappa shape index (κ2) is 43.1. The van der Waals surface area contributed by atoms with Crippen molar-refractivity contribution in [2.24, 2.45) is 0 Å². The predicted octanol–water partition coefficient (Wildman–Crippen LogP) is 3.55. The van der Waals surface area contributed by atoms with Crippen molar-refractivity contribution in [1.29, 1.82) is 0 Å². The van der Waals surface area contributed by atoms with E-state index in [9.17, 15) is 14.4 Å². The number of halogens is 2. The molecule has 54 nitrogen and oxygen atoms in total. The Morgan fingerprint density at radius 1 is 0.388 bits per heavy atom. The minimum atomic E-state index is -0.977. The Bertz CT molecular complexity index is 6200. The van der Waals surface area contributed by atoms with Gasteiger partial charge in [-0.3, -0.25) is 19.7 Å². The molecule has 0 radical (unpaired) electrons. The molecule has 0 aliphatic heterocycles. The molecule has 0 amide bonds. The minimum Gasteiger partial charge on any atom is -0.478 e. The molecule has 0 bridgehead atoms. The molecule has 11 N–H and O–H groups in total. The van der Waals surface area contributed by atoms with E-state index >= 15 is 0 Å². The van der Waals surface area contributed by atoms with Gasteiger partial charge in [0.25, 0.3) is 11.3 Å². The summed E-state index contributed by atoms with van der Waals surface area (Å²) in [6, 6.07) is 55.9. The Hall–Kier alpha value is -18.3. The number of aromatic amines is 9. The van der Waals surface area contributed by atoms with Gasteiger partial charge in [0.1, 0.15) is 11.4 Å². The van der Waals surface area contributed by atoms with Gasteiger partial charge in [0.2, 0.25) is 51.9 Å². The minimum absolute atomic E-state index is 0.181. The van der Waals surface area contributed by atoms with Crippen molar-refractivity contribution in [2.75, 3.05) is 0 Å². The van der Waals surface area contributed by atoms with Crippen LogP contribution in [-0.2, 0) is 0 Å². The number of para-hydroxylation sites is 1. The van der Waals surface area contributed by atoms with Crippen molar-refractivity contribution in [3.8, 4) is 96.9 Å². The van der Waals surface area contributed by atoms with E-state index in [1.54, 1.807) is 72.9 Å². The topological polar surface area (TPSA) is 724 Å². The van der Waals surface area contributed by atoms with Crippen LogP contribution in [0.3, 0.4) is 0 Å². The van der Waals surface area contributed by atoms with Crippen LogP contribution in [0.1, 0.15) is 26.4 Å². The quantitative estimate of drug-likeness (QED) is 0.0882. The van der Waals surface area contributed by atoms with Crippen LogP contribution in [0.25, 0.3) is 108 Å². The number of carboxylic acids is 2. The molecule has 0 aliphatic rings. The lowest BCUT2D eigenvalue weighted by molar-refractivity contribution is 0.0686. The van der Waals surface area contributed by atoms with E-state index in [0.717, 1.165) is 59.4 Å². The summed E-state index contributed by atoms with van der Waals surface area (Å²) >= 11 is 9.00. The fourth-order valence-corrected chi connectivity index (χ4v) is 9.53. The first-order chi connectivity index (χ1) is 59.4. The SMILES string of the molecule is Brc1ccc2nnnn2c1.Cc1nnc2nn[nH]n2c1=O.Clc1nnnn1-c1ccccc1.O=C(O)c1ccc(-c2nn[nH]n2)cc1.O=C(O)c1cccc(-c2nn[nH]n2)c1.c1cc(-c2nn[nH]n2)cc(-c2nn[nH]n2)c1.c1cc(-c2nn[nH]n2)ccn1.c1ccc(-c2nn[nH]n2)cc1.c1ccc(-c2nn[nH]n2)nc1.c1cncc(-c2nn[nH]n2)c1. The average Bonchev–Trinajstić information content (AvgIpc) is 1.71. The zero-order valence-electron chi connectivity index (χ0n) is 61.1. The summed E-state index contributed by atoms with van der Waals surface area (Å²) in [6.45, 7) is 1.57. The molecule has 21 aromatic rings. The number of fused-ring (bicyclic) bond motifs is 2. The van der Waals surface area contributed by atoms with Crippen molar-refractivity contribution >= 4 is 50.9 Å². The molecule has 0 aliphatic carbocycles. The normalized spacial score (nSPS) is 10.1. The molecule has 56 heteroatoms. The van der Waals surface area contributed by atoms with Gasteiger partial charge < -0.3 is 10.2 Å². The average molecular weight is 1710 g/mol. The fourth-order valence-electron chi connectivity index (χ4n) is 9.03. The van der Waals surface area contributed by atoms with Crippen LogP contribution in [0.2, 0.25) is 5.28 Å². The highest BCUT2D eigenvalue weighted by Gasteiger charge is 2.12. The molecule has 21 rings (SSSR count). The van der Waals surface area contributed by atoms with Crippen LogP contribution in [0.4, 0.5) is 0 Å². The molecule has 0 spiro atoms. The first-order valence-electron chi connectivity index (χ1n) is 33.8. The zero-order valence-corrected chi connectivity index (χ0v) is 63.5. The zero-order chi connectivity index (χ0) is 84.0. The second-order valence-corrected chi connectivity index (χ2v) is 23.6. The number of pyridine rings is 4. The first kappa shape index (κ1) is 82.1. The summed E-state index contributed by atoms with van der Waals surface area (Å²) in [5.74, 6) is 2.45. The van der Waals surface area contributed by atoms with E-state index in [-0.39, 0.29) is 27.7 Å². The largest absolute Gasteiger partial charge is 0.478 e. The highest BCUT2D eigenvalue weighted by molar-refractivity contribution is 9.10. The van der Waals surface area contributed by atoms with Crippen LogP contribution in [-0.4, -0.2) is 273 Å². The van der Waals surface area contributed by atoms with Gasteiger partial charge in [0, 0.05) is 80.6 Å². The Kier molecular flexibility index (Phi) is 29.2. The number of carbonyl (C=O) groups is 2. The van der Waals surface area contributed by atoms with Crippen LogP contribution in [0, 0.1) is 6.92 Å². The van der Waals surface area contributed by atoms with Gasteiger partial charge in [0.05, 0.1) is 16.8 Å². The number of H-pyrrole nitrogens is 9. The van der Waals surface area contributed by atoms with E-state index in [1.807, 2.05) is 140 Å². The maximum absolute atomic E-state index is 11.1. The van der Waals surface area contributed by atoms with Gasteiger partial charge in [-0.2, -0.15) is 60.6 Å². The third-order valence-electron chi connectivity index (χ3n) is 14.6. The Balaban J connectivity index is 0.000000123. The molecule has 0 atom stereocenters. The standard InChI is InChI=1S/C8H6N8.2C8H6N4O2.C7H5ClN4.C7H6N4.3C6H5N5.C5H3BrN4.C4H4N6O/c1-2-5(7-9-13-14-10-7)4-6(3-1)8-11-15-16-12-8;13-8(14)6-3-1-5(2-4-6)7-9-11-12-10-7;13-8(14)6-3-1-2-5(4-6)7-9-11-12-10-7;8-7-9-10-11-12(7)6-4-2-1-3-5-6;1-2-4-6(5-3-1)7-8-10-11-9-7;1-3-7-4-2-5(1)6-8-10-11-9-6;1-2-5(4-7-3-1)6-8-10-11-9-6;1-2-4-7-5(3-1)6-8-10-11-9-6;6-4-1-2-5-7-8-9-10(5)3-4;1-2-3(11)10-4(6-5-2)7-8-9-10/h1-4H,(H,9,10,13,14)(H,11,12,15,16);2*1-4H,(H,13,14)(H,9,10,11,12);1-5H;1-5H,(H,8,9,10,11);3*1-4H,(H,8,9,10,11);1-3H;1H3,(H,6,7,9). The van der Waals surface area contributed by atoms with Crippen molar-refractivity contribution in [2.45, 2.75) is 6.92 Å². The van der Waals surface area contributed by atoms with Gasteiger partial charge in [-0.15, -0.1) is 96.9 Å². The summed E-state index contributed by atoms with van der Waals surface area (Å²) in [5, 5.41) is 163. The first-order valence-corrected chi connectivity index (χ1v) is 34.9. The lowest BCUT2D eigenvalue weighted by Crippen LogP contribution is -2.19. The molecular formula is C65H51BrClN49O5. The van der Waals surface area contributed by atoms with Crippen LogP contribution in [0.5, 0.6) is 0 Å². The maximum atomic E-state index is 11.1. The van der Waals surface area contributed by atoms with Crippen LogP contribution < -0.4 is 5.56 Å². The third-order valence-corrected chi connectivity index (χ3v) is 15.3. The third kappa shape index (κ3) is 24.3. The number of rotatable bonds is 11. The number of benzene rings is 5. The van der Waals surface area contributed by atoms with Crippen molar-refractivity contribution < 1.29 is 19.8 Å². The lowest BCUT2D eigenvalue weighted by atomic mass is 10.1. The smallest absolute Gasteiger partial charge is 0.335 e. The van der Waals surface area contributed by atoms with Crippen molar-refractivity contribution in [3.05, 3.63) is 262 Å². The number of hydrogen-bond donors (Lipinski definition) is 11. The van der Waals surface area contributed by atoms with Crippen molar-refractivity contribution in [1.82, 2.24) is 250 Å². The number of nitrogens with zero attached hydrogens (tertiary/aromatic N) is 40. The summed E-state index contributed by atoms with van der Waals surface area (Å²) in [4.78, 5) is 44.2. The number of aromatic carboxylic acids is 2. The van der Waals surface area contributed by atoms with E-state index < -0.39 is 11.9 Å². The number of tetrazole rings is 11. The van der Waals surface area contributed by atoms with Gasteiger partial charge in [-0.25, -0.2) is 9.59 Å². The highest BCUT2D eigenvalue weighted by Crippen LogP contribution is 2.22. The van der Waals surface area contributed by atoms with Gasteiger partial charge in [-0.05, 0) is 193 Å². The molecule has 0 saturated heterocycles. The monoisotopic (exact) mass is 1710 g/mol. The summed E-state index contributed by atoms with van der Waals surface area (Å²) in [7, 11) is 0. The maximum Gasteiger partial charge on any atom is 0.335 e. The lowest BCUT2D eigenvalue weighted by Gasteiger charge is -1.97. The molecule has 0 saturated carbocycles. The second-order valence-electron chi connectivity index (χ2n) is 22.3. The molecule has 5 aromatic carbocycles. The summed E-state index contributed by atoms with van der Waals surface area (Å²) in [6.07, 6.45) is 10.2. The van der Waals surface area contributed by atoms with Gasteiger partial charge in [0.15, 0.2) is 5.65 Å². The summed E-state index contributed by atoms with van der Waals surface area (Å²) in [5.41, 5.74) is 8.58. The van der Waals surface area contributed by atoms with E-state index in [4.69, 9.17) is 21.8 Å². The van der Waals surface area contributed by atoms with E-state index in [0.29, 0.717) is 57.9 Å². The van der Waals surface area contributed by atoms with E-state index in [1.165, 1.54) is 28.9 Å². The number of aryl methyl sites for hydroxylation is 1. The van der Waals surface area contributed by atoms with Gasteiger partial charge >= 0.3 is 11.9 Å². The molecular weight excluding hydrogens is 1660 g/mol. The highest BCUT2D eigenvalue weighted by atomic mass is 79.9. The number of carboxylic acid groups (broad SMARTS) is 2. The molecule has 16 aromatic heterocycles.